The van der Waals surface area contributed by atoms with E-state index in [2.05, 4.69) is 102 Å². The Labute approximate surface area is 200 Å². The molecule has 1 aliphatic heterocycles. The van der Waals surface area contributed by atoms with Crippen LogP contribution in [0.4, 0.5) is 0 Å². The first-order chi connectivity index (χ1) is 16.0. The molecule has 3 heterocycles. The highest BCUT2D eigenvalue weighted by Crippen LogP contribution is 2.37. The van der Waals surface area contributed by atoms with Crippen molar-refractivity contribution in [2.45, 2.75) is 63.0 Å². The zero-order valence-electron chi connectivity index (χ0n) is 20.0. The molecule has 1 aliphatic rings. The molecule has 2 aromatic carbocycles. The van der Waals surface area contributed by atoms with E-state index in [0.717, 1.165) is 29.8 Å². The van der Waals surface area contributed by atoms with Crippen LogP contribution in [0.5, 0.6) is 0 Å². The number of para-hydroxylation sites is 2. The van der Waals surface area contributed by atoms with Crippen LogP contribution in [0.3, 0.4) is 0 Å². The number of hydrogen-bond donors (Lipinski definition) is 0. The lowest BCUT2D eigenvalue weighted by Crippen LogP contribution is -2.36. The fourth-order valence-corrected chi connectivity index (χ4v) is 5.84. The number of aromatic nitrogens is 4. The molecule has 1 unspecified atom stereocenters. The predicted molar refractivity (Wildman–Crippen MR) is 138 cm³/mol. The van der Waals surface area contributed by atoms with E-state index in [9.17, 15) is 0 Å². The van der Waals surface area contributed by atoms with Crippen molar-refractivity contribution in [2.75, 3.05) is 6.54 Å². The van der Waals surface area contributed by atoms with Crippen LogP contribution in [-0.2, 0) is 13.6 Å². The zero-order valence-corrected chi connectivity index (χ0v) is 20.8. The lowest BCUT2D eigenvalue weighted by Gasteiger charge is -2.33. The Morgan fingerprint density at radius 2 is 1.76 bits per heavy atom. The third kappa shape index (κ3) is 4.22. The quantitative estimate of drug-likeness (QED) is 0.317. The summed E-state index contributed by atoms with van der Waals surface area (Å²) in [6.45, 7) is 8.87. The molecule has 172 valence electrons. The van der Waals surface area contributed by atoms with E-state index in [1.54, 1.807) is 11.8 Å². The normalized spacial score (nSPS) is 17.3. The van der Waals surface area contributed by atoms with Gasteiger partial charge < -0.3 is 4.57 Å². The summed E-state index contributed by atoms with van der Waals surface area (Å²) in [7, 11) is 2.17. The second-order valence-corrected chi connectivity index (χ2v) is 10.9. The summed E-state index contributed by atoms with van der Waals surface area (Å²) >= 11 is 1.76. The average Bonchev–Trinajstić information content (AvgIpc) is 3.34. The largest absolute Gasteiger partial charge is 0.341 e. The lowest BCUT2D eigenvalue weighted by molar-refractivity contribution is 0.153. The van der Waals surface area contributed by atoms with Crippen LogP contribution in [0.25, 0.3) is 28.1 Å². The van der Waals surface area contributed by atoms with Gasteiger partial charge in [-0.05, 0) is 44.5 Å². The van der Waals surface area contributed by atoms with Crippen LogP contribution < -0.4 is 0 Å². The molecular weight excluding hydrogens is 426 g/mol. The fraction of sp³-hybridized carbons (Fsp3) is 0.407. The summed E-state index contributed by atoms with van der Waals surface area (Å²) in [6.07, 6.45) is 3.88. The molecule has 0 saturated carbocycles. The van der Waals surface area contributed by atoms with Gasteiger partial charge in [0.15, 0.2) is 11.0 Å². The second-order valence-electron chi connectivity index (χ2n) is 9.36. The maximum atomic E-state index is 4.80. The maximum Gasteiger partial charge on any atom is 0.196 e. The van der Waals surface area contributed by atoms with E-state index in [-0.39, 0.29) is 0 Å². The smallest absolute Gasteiger partial charge is 0.196 e. The number of aryl methyl sites for hydroxylation is 1. The molecule has 33 heavy (non-hydrogen) atoms. The van der Waals surface area contributed by atoms with Gasteiger partial charge in [-0.25, -0.2) is 0 Å². The van der Waals surface area contributed by atoms with Crippen molar-refractivity contribution in [3.05, 3.63) is 60.2 Å². The predicted octanol–water partition coefficient (Wildman–Crippen LogP) is 6.30. The summed E-state index contributed by atoms with van der Waals surface area (Å²) in [6, 6.07) is 19.9. The van der Waals surface area contributed by atoms with Crippen molar-refractivity contribution in [1.29, 1.82) is 0 Å². The minimum atomic E-state index is 0.422. The summed E-state index contributed by atoms with van der Waals surface area (Å²) in [5, 5.41) is 12.1. The Morgan fingerprint density at radius 1 is 1.00 bits per heavy atom. The van der Waals surface area contributed by atoms with Crippen LogP contribution in [0.1, 0.15) is 45.6 Å². The van der Waals surface area contributed by atoms with Gasteiger partial charge in [0.2, 0.25) is 0 Å². The van der Waals surface area contributed by atoms with Gasteiger partial charge in [-0.15, -0.1) is 10.2 Å². The minimum absolute atomic E-state index is 0.422. The van der Waals surface area contributed by atoms with Crippen LogP contribution in [0.15, 0.2) is 59.8 Å². The Hall–Kier alpha value is -2.57. The van der Waals surface area contributed by atoms with E-state index in [0.29, 0.717) is 11.3 Å². The highest BCUT2D eigenvalue weighted by atomic mass is 32.2. The molecule has 0 aliphatic carbocycles. The summed E-state index contributed by atoms with van der Waals surface area (Å²) in [4.78, 5) is 2.64. The van der Waals surface area contributed by atoms with E-state index < -0.39 is 0 Å². The van der Waals surface area contributed by atoms with Crippen molar-refractivity contribution in [1.82, 2.24) is 24.2 Å². The van der Waals surface area contributed by atoms with Gasteiger partial charge in [-0.3, -0.25) is 9.47 Å². The molecule has 5 nitrogen and oxygen atoms in total. The van der Waals surface area contributed by atoms with E-state index in [1.165, 1.54) is 41.4 Å². The molecule has 0 amide bonds. The van der Waals surface area contributed by atoms with Crippen LogP contribution in [-0.4, -0.2) is 42.1 Å². The van der Waals surface area contributed by atoms with Crippen molar-refractivity contribution >= 4 is 22.7 Å². The molecule has 1 fully saturated rings. The van der Waals surface area contributed by atoms with Crippen LogP contribution in [0, 0.1) is 0 Å². The summed E-state index contributed by atoms with van der Waals surface area (Å²) in [5.41, 5.74) is 4.87. The molecule has 1 saturated heterocycles. The minimum Gasteiger partial charge on any atom is -0.341 e. The van der Waals surface area contributed by atoms with Gasteiger partial charge in [0.25, 0.3) is 0 Å². The number of thioether (sulfide) groups is 1. The number of likely N-dealkylation sites (tertiary alicyclic amines) is 1. The Bertz CT molecular complexity index is 1240. The standard InChI is InChI=1S/C27H33N5S/c1-19(2)33-27-29-28-26(32(27)21-13-6-5-7-14-21)25-23(18-31-17-11-10-12-20(31)3)22-15-8-9-16-24(22)30(25)4/h5-9,13-16,19-20H,10-12,17-18H2,1-4H3. The van der Waals surface area contributed by atoms with E-state index in [1.807, 2.05) is 0 Å². The van der Waals surface area contributed by atoms with Crippen LogP contribution in [0.2, 0.25) is 0 Å². The SMILES string of the molecule is CC(C)Sc1nnc(-c2c(CN3CCCCC3C)c3ccccc3n2C)n1-c1ccccc1. The Kier molecular flexibility index (Phi) is 6.30. The average molecular weight is 460 g/mol. The van der Waals surface area contributed by atoms with Gasteiger partial charge in [0, 0.05) is 47.0 Å². The third-order valence-corrected chi connectivity index (χ3v) is 7.66. The Morgan fingerprint density at radius 3 is 2.52 bits per heavy atom. The molecule has 2 aromatic heterocycles. The van der Waals surface area contributed by atoms with E-state index >= 15 is 0 Å². The highest BCUT2D eigenvalue weighted by molar-refractivity contribution is 7.99. The van der Waals surface area contributed by atoms with Gasteiger partial charge >= 0.3 is 0 Å². The molecule has 0 bridgehead atoms. The number of fused-ring (bicyclic) bond motifs is 1. The van der Waals surface area contributed by atoms with Gasteiger partial charge in [-0.1, -0.05) is 68.4 Å². The number of hydrogen-bond acceptors (Lipinski definition) is 4. The fourth-order valence-electron chi connectivity index (χ4n) is 5.03. The number of piperidine rings is 1. The first-order valence-electron chi connectivity index (χ1n) is 12.0. The summed E-state index contributed by atoms with van der Waals surface area (Å²) in [5.74, 6) is 0.919. The molecule has 0 spiro atoms. The third-order valence-electron chi connectivity index (χ3n) is 6.71. The van der Waals surface area contributed by atoms with Gasteiger partial charge in [0.1, 0.15) is 0 Å². The van der Waals surface area contributed by atoms with Gasteiger partial charge in [0.05, 0.1) is 5.69 Å². The molecule has 5 rings (SSSR count). The van der Waals surface area contributed by atoms with Crippen LogP contribution >= 0.6 is 11.8 Å². The second kappa shape index (κ2) is 9.35. The molecular formula is C27H33N5S. The molecule has 1 atom stereocenters. The Balaban J connectivity index is 1.72. The van der Waals surface area contributed by atoms with Crippen molar-refractivity contribution in [3.8, 4) is 17.2 Å². The maximum absolute atomic E-state index is 4.80. The monoisotopic (exact) mass is 459 g/mol. The molecule has 4 aromatic rings. The van der Waals surface area contributed by atoms with Gasteiger partial charge in [-0.2, -0.15) is 0 Å². The topological polar surface area (TPSA) is 38.9 Å². The first-order valence-corrected chi connectivity index (χ1v) is 12.9. The highest BCUT2D eigenvalue weighted by Gasteiger charge is 2.27. The lowest BCUT2D eigenvalue weighted by atomic mass is 10.0. The van der Waals surface area contributed by atoms with Crippen molar-refractivity contribution in [3.63, 3.8) is 0 Å². The zero-order chi connectivity index (χ0) is 22.9. The number of nitrogens with zero attached hydrogens (tertiary/aromatic N) is 5. The molecule has 0 radical (unpaired) electrons. The number of benzene rings is 2. The van der Waals surface area contributed by atoms with E-state index in [4.69, 9.17) is 5.10 Å². The first kappa shape index (κ1) is 22.2. The summed E-state index contributed by atoms with van der Waals surface area (Å²) < 4.78 is 4.55. The van der Waals surface area contributed by atoms with Crippen molar-refractivity contribution in [2.24, 2.45) is 7.05 Å². The molecule has 0 N–H and O–H groups in total. The molecule has 6 heteroatoms. The number of rotatable bonds is 6. The van der Waals surface area contributed by atoms with Crippen molar-refractivity contribution < 1.29 is 0 Å².